The van der Waals surface area contributed by atoms with Crippen LogP contribution < -0.4 is 5.32 Å². The van der Waals surface area contributed by atoms with E-state index in [1.165, 1.54) is 5.56 Å². The Morgan fingerprint density at radius 1 is 0.886 bits per heavy atom. The molecule has 0 heterocycles. The van der Waals surface area contributed by atoms with E-state index in [9.17, 15) is 9.59 Å². The van der Waals surface area contributed by atoms with Gasteiger partial charge < -0.3 is 10.2 Å². The highest BCUT2D eigenvalue weighted by atomic mass is 16.2. The highest BCUT2D eigenvalue weighted by Crippen LogP contribution is 2.35. The number of hydrogen-bond donors (Lipinski definition) is 1. The van der Waals surface area contributed by atoms with E-state index < -0.39 is 0 Å². The summed E-state index contributed by atoms with van der Waals surface area (Å²) in [6.07, 6.45) is 5.07. The Bertz CT molecular complexity index is 1130. The SMILES string of the molecule is CC(C(=O)NC1CCC(Cc2ccccc2)(N(C)C)CC1)c1cccc(C(=O)c2ccccc2)c1. The van der Waals surface area contributed by atoms with Gasteiger partial charge in [0.15, 0.2) is 5.78 Å². The number of benzene rings is 3. The molecule has 1 amide bonds. The minimum absolute atomic E-state index is 0.0224. The van der Waals surface area contributed by atoms with Gasteiger partial charge in [-0.1, -0.05) is 78.9 Å². The van der Waals surface area contributed by atoms with Crippen LogP contribution in [0.5, 0.6) is 0 Å². The normalized spacial score (nSPS) is 20.9. The minimum atomic E-state index is -0.316. The molecular formula is C31H36N2O2. The molecule has 4 heteroatoms. The number of amides is 1. The van der Waals surface area contributed by atoms with Crippen molar-refractivity contribution in [3.8, 4) is 0 Å². The first-order valence-electron chi connectivity index (χ1n) is 12.6. The van der Waals surface area contributed by atoms with Gasteiger partial charge in [0.05, 0.1) is 5.92 Å². The molecule has 3 aromatic carbocycles. The summed E-state index contributed by atoms with van der Waals surface area (Å²) in [5.74, 6) is -0.311. The Labute approximate surface area is 209 Å². The first-order chi connectivity index (χ1) is 16.9. The largest absolute Gasteiger partial charge is 0.353 e. The van der Waals surface area contributed by atoms with Gasteiger partial charge in [0.25, 0.3) is 0 Å². The van der Waals surface area contributed by atoms with E-state index in [0.29, 0.717) is 11.1 Å². The van der Waals surface area contributed by atoms with Crippen molar-refractivity contribution < 1.29 is 9.59 Å². The second kappa shape index (κ2) is 11.0. The third kappa shape index (κ3) is 5.88. The van der Waals surface area contributed by atoms with Gasteiger partial charge in [-0.25, -0.2) is 0 Å². The molecule has 0 aliphatic heterocycles. The number of rotatable bonds is 8. The maximum absolute atomic E-state index is 13.1. The molecule has 182 valence electrons. The number of carbonyl (C=O) groups is 2. The molecule has 35 heavy (non-hydrogen) atoms. The monoisotopic (exact) mass is 468 g/mol. The van der Waals surface area contributed by atoms with E-state index in [0.717, 1.165) is 37.7 Å². The third-order valence-corrected chi connectivity index (χ3v) is 7.67. The molecule has 3 aromatic rings. The summed E-state index contributed by atoms with van der Waals surface area (Å²) in [6.45, 7) is 1.92. The van der Waals surface area contributed by atoms with Gasteiger partial charge in [0.2, 0.25) is 5.91 Å². The number of likely N-dealkylation sites (N-methyl/N-ethyl adjacent to an activating group) is 1. The first-order valence-corrected chi connectivity index (χ1v) is 12.6. The molecule has 0 bridgehead atoms. The first kappa shape index (κ1) is 24.9. The van der Waals surface area contributed by atoms with Crippen LogP contribution in [-0.2, 0) is 11.2 Å². The standard InChI is InChI=1S/C31H36N2O2/c1-23(26-15-10-16-27(21-26)29(34)25-13-8-5-9-14-25)30(35)32-28-17-19-31(20-18-28,33(2)3)22-24-11-6-4-7-12-24/h4-16,21,23,28H,17-20,22H2,1-3H3,(H,32,35). The summed E-state index contributed by atoms with van der Waals surface area (Å²) in [7, 11) is 4.35. The fraction of sp³-hybridized carbons (Fsp3) is 0.355. The summed E-state index contributed by atoms with van der Waals surface area (Å²) < 4.78 is 0. The van der Waals surface area contributed by atoms with Gasteiger partial charge >= 0.3 is 0 Å². The van der Waals surface area contributed by atoms with Crippen molar-refractivity contribution in [2.24, 2.45) is 0 Å². The lowest BCUT2D eigenvalue weighted by molar-refractivity contribution is -0.123. The minimum Gasteiger partial charge on any atom is -0.353 e. The van der Waals surface area contributed by atoms with Gasteiger partial charge in [-0.2, -0.15) is 0 Å². The van der Waals surface area contributed by atoms with Crippen molar-refractivity contribution in [2.75, 3.05) is 14.1 Å². The number of nitrogens with one attached hydrogen (secondary N) is 1. The second-order valence-corrected chi connectivity index (χ2v) is 10.1. The molecule has 4 nitrogen and oxygen atoms in total. The summed E-state index contributed by atoms with van der Waals surface area (Å²) in [5.41, 5.74) is 3.63. The lowest BCUT2D eigenvalue weighted by atomic mass is 9.74. The molecule has 1 unspecified atom stereocenters. The van der Waals surface area contributed by atoms with E-state index in [4.69, 9.17) is 0 Å². The molecule has 1 aliphatic rings. The number of nitrogens with zero attached hydrogens (tertiary/aromatic N) is 1. The fourth-order valence-electron chi connectivity index (χ4n) is 5.24. The summed E-state index contributed by atoms with van der Waals surface area (Å²) in [6, 6.07) is 27.6. The Morgan fingerprint density at radius 2 is 1.49 bits per heavy atom. The smallest absolute Gasteiger partial charge is 0.227 e. The zero-order valence-electron chi connectivity index (χ0n) is 21.0. The van der Waals surface area contributed by atoms with E-state index in [2.05, 4.69) is 54.6 Å². The van der Waals surface area contributed by atoms with Crippen LogP contribution in [0.15, 0.2) is 84.9 Å². The van der Waals surface area contributed by atoms with Gasteiger partial charge in [0.1, 0.15) is 0 Å². The van der Waals surface area contributed by atoms with Crippen LogP contribution >= 0.6 is 0 Å². The highest BCUT2D eigenvalue weighted by Gasteiger charge is 2.38. The number of carbonyl (C=O) groups excluding carboxylic acids is 2. The van der Waals surface area contributed by atoms with Crippen molar-refractivity contribution >= 4 is 11.7 Å². The summed E-state index contributed by atoms with van der Waals surface area (Å²) in [5, 5.41) is 3.30. The van der Waals surface area contributed by atoms with Crippen molar-refractivity contribution in [3.63, 3.8) is 0 Å². The van der Waals surface area contributed by atoms with Crippen LogP contribution in [0.2, 0.25) is 0 Å². The third-order valence-electron chi connectivity index (χ3n) is 7.67. The Hall–Kier alpha value is -3.24. The maximum Gasteiger partial charge on any atom is 0.227 e. The van der Waals surface area contributed by atoms with Gasteiger partial charge in [0, 0.05) is 22.7 Å². The number of hydrogen-bond acceptors (Lipinski definition) is 3. The molecule has 0 spiro atoms. The molecule has 0 aromatic heterocycles. The summed E-state index contributed by atoms with van der Waals surface area (Å²) >= 11 is 0. The average Bonchev–Trinajstić information content (AvgIpc) is 2.90. The topological polar surface area (TPSA) is 49.4 Å². The van der Waals surface area contributed by atoms with Crippen molar-refractivity contribution in [2.45, 2.75) is 56.5 Å². The Balaban J connectivity index is 1.38. The van der Waals surface area contributed by atoms with Crippen LogP contribution in [0.1, 0.15) is 65.6 Å². The van der Waals surface area contributed by atoms with E-state index >= 15 is 0 Å². The molecular weight excluding hydrogens is 432 g/mol. The van der Waals surface area contributed by atoms with Gasteiger partial charge in [-0.3, -0.25) is 9.59 Å². The molecule has 1 aliphatic carbocycles. The number of ketones is 1. The molecule has 1 N–H and O–H groups in total. The molecule has 0 saturated heterocycles. The van der Waals surface area contributed by atoms with Crippen molar-refractivity contribution in [1.82, 2.24) is 10.2 Å². The second-order valence-electron chi connectivity index (χ2n) is 10.1. The van der Waals surface area contributed by atoms with Crippen LogP contribution in [0.4, 0.5) is 0 Å². The molecule has 1 saturated carbocycles. The van der Waals surface area contributed by atoms with E-state index in [1.54, 1.807) is 0 Å². The van der Waals surface area contributed by atoms with Gasteiger partial charge in [-0.05, 0) is 70.3 Å². The predicted molar refractivity (Wildman–Crippen MR) is 142 cm³/mol. The zero-order valence-corrected chi connectivity index (χ0v) is 21.0. The highest BCUT2D eigenvalue weighted by molar-refractivity contribution is 6.09. The lowest BCUT2D eigenvalue weighted by Gasteiger charge is -2.45. The average molecular weight is 469 g/mol. The Morgan fingerprint density at radius 3 is 2.11 bits per heavy atom. The Kier molecular flexibility index (Phi) is 7.82. The van der Waals surface area contributed by atoms with Crippen molar-refractivity contribution in [1.29, 1.82) is 0 Å². The molecule has 1 atom stereocenters. The predicted octanol–water partition coefficient (Wildman–Crippen LogP) is 5.62. The molecule has 4 rings (SSSR count). The zero-order chi connectivity index (χ0) is 24.8. The maximum atomic E-state index is 13.1. The lowest BCUT2D eigenvalue weighted by Crippen LogP contribution is -2.52. The van der Waals surface area contributed by atoms with Crippen LogP contribution in [0, 0.1) is 0 Å². The molecule has 0 radical (unpaired) electrons. The fourth-order valence-corrected chi connectivity index (χ4v) is 5.24. The quantitative estimate of drug-likeness (QED) is 0.436. The van der Waals surface area contributed by atoms with E-state index in [1.807, 2.05) is 61.5 Å². The van der Waals surface area contributed by atoms with Crippen LogP contribution in [-0.4, -0.2) is 42.3 Å². The van der Waals surface area contributed by atoms with Crippen LogP contribution in [0.25, 0.3) is 0 Å². The summed E-state index contributed by atoms with van der Waals surface area (Å²) in [4.78, 5) is 28.4. The van der Waals surface area contributed by atoms with E-state index in [-0.39, 0.29) is 29.2 Å². The van der Waals surface area contributed by atoms with Crippen LogP contribution in [0.3, 0.4) is 0 Å². The molecule has 1 fully saturated rings. The van der Waals surface area contributed by atoms with Gasteiger partial charge in [-0.15, -0.1) is 0 Å². The van der Waals surface area contributed by atoms with Crippen molar-refractivity contribution in [3.05, 3.63) is 107 Å².